The number of thiophene rings is 2. The van der Waals surface area contributed by atoms with E-state index in [4.69, 9.17) is 9.97 Å². The van der Waals surface area contributed by atoms with E-state index in [0.29, 0.717) is 0 Å². The summed E-state index contributed by atoms with van der Waals surface area (Å²) in [5, 5.41) is 6.74. The summed E-state index contributed by atoms with van der Waals surface area (Å²) in [5.74, 6) is 1.64. The first kappa shape index (κ1) is 16.2. The van der Waals surface area contributed by atoms with Gasteiger partial charge >= 0.3 is 0 Å². The van der Waals surface area contributed by atoms with Gasteiger partial charge < -0.3 is 5.32 Å². The fourth-order valence-corrected chi connectivity index (χ4v) is 4.34. The summed E-state index contributed by atoms with van der Waals surface area (Å²) in [5.41, 5.74) is 0.942. The maximum atomic E-state index is 4.79. The Kier molecular flexibility index (Phi) is 4.72. The van der Waals surface area contributed by atoms with Crippen LogP contribution in [-0.2, 0) is 12.8 Å². The number of hydrogen-bond donors (Lipinski definition) is 1. The van der Waals surface area contributed by atoms with Gasteiger partial charge in [-0.15, -0.1) is 22.7 Å². The molecule has 0 radical (unpaired) electrons. The summed E-state index contributed by atoms with van der Waals surface area (Å²) in [4.78, 5) is 17.5. The average molecular weight is 367 g/mol. The van der Waals surface area contributed by atoms with Crippen LogP contribution in [0.1, 0.15) is 16.7 Å². The van der Waals surface area contributed by atoms with Crippen molar-refractivity contribution in [3.05, 3.63) is 57.9 Å². The van der Waals surface area contributed by atoms with Crippen molar-refractivity contribution in [2.45, 2.75) is 19.8 Å². The number of aromatic nitrogens is 3. The summed E-state index contributed by atoms with van der Waals surface area (Å²) in [7, 11) is 0. The van der Waals surface area contributed by atoms with Crippen LogP contribution in [0.25, 0.3) is 21.6 Å². The summed E-state index contributed by atoms with van der Waals surface area (Å²) in [6.45, 7) is 3.03. The van der Waals surface area contributed by atoms with E-state index in [0.717, 1.165) is 46.8 Å². The maximum absolute atomic E-state index is 4.79. The Hall–Kier alpha value is -2.31. The molecule has 0 fully saturated rings. The lowest BCUT2D eigenvalue weighted by Gasteiger charge is -2.08. The average Bonchev–Trinajstić information content (AvgIpc) is 3.31. The number of hydrogen-bond acceptors (Lipinski definition) is 6. The van der Waals surface area contributed by atoms with Gasteiger partial charge in [-0.25, -0.2) is 9.97 Å². The smallest absolute Gasteiger partial charge is 0.164 e. The summed E-state index contributed by atoms with van der Waals surface area (Å²) in [6, 6.07) is 10.4. The third-order valence-electron chi connectivity index (χ3n) is 3.96. The second-order valence-corrected chi connectivity index (χ2v) is 7.83. The molecule has 0 unspecified atom stereocenters. The van der Waals surface area contributed by atoms with Crippen LogP contribution in [0.15, 0.2) is 48.1 Å². The van der Waals surface area contributed by atoms with Crippen molar-refractivity contribution in [2.75, 3.05) is 11.9 Å². The van der Waals surface area contributed by atoms with E-state index >= 15 is 0 Å². The van der Waals surface area contributed by atoms with E-state index in [1.807, 2.05) is 18.3 Å². The fourth-order valence-electron chi connectivity index (χ4n) is 2.66. The molecule has 0 aliphatic heterocycles. The lowest BCUT2D eigenvalue weighted by Crippen LogP contribution is -2.07. The van der Waals surface area contributed by atoms with Crippen LogP contribution in [0.5, 0.6) is 0 Å². The van der Waals surface area contributed by atoms with Crippen LogP contribution >= 0.6 is 22.7 Å². The first-order valence-corrected chi connectivity index (χ1v) is 10.00. The molecule has 0 spiro atoms. The highest BCUT2D eigenvalue weighted by atomic mass is 32.1. The van der Waals surface area contributed by atoms with Gasteiger partial charge in [0, 0.05) is 34.3 Å². The Labute approximate surface area is 154 Å². The van der Waals surface area contributed by atoms with Gasteiger partial charge in [-0.05, 0) is 42.5 Å². The van der Waals surface area contributed by atoms with E-state index in [1.54, 1.807) is 28.9 Å². The number of nitrogens with one attached hydrogen (secondary N) is 1. The zero-order chi connectivity index (χ0) is 17.1. The molecule has 0 aliphatic rings. The molecule has 0 aromatic carbocycles. The van der Waals surface area contributed by atoms with Crippen LogP contribution in [0.2, 0.25) is 0 Å². The minimum Gasteiger partial charge on any atom is -0.369 e. The van der Waals surface area contributed by atoms with Crippen molar-refractivity contribution < 1.29 is 0 Å². The van der Waals surface area contributed by atoms with Gasteiger partial charge in [0.25, 0.3) is 0 Å². The second-order valence-electron chi connectivity index (χ2n) is 5.68. The molecular formula is C19H18N4S2. The fraction of sp³-hybridized carbons (Fsp3) is 0.211. The van der Waals surface area contributed by atoms with Gasteiger partial charge in [0.1, 0.15) is 10.6 Å². The highest BCUT2D eigenvalue weighted by molar-refractivity contribution is 7.18. The molecule has 6 heteroatoms. The predicted molar refractivity (Wildman–Crippen MR) is 107 cm³/mol. The Bertz CT molecular complexity index is 962. The molecule has 4 heterocycles. The number of pyridine rings is 1. The van der Waals surface area contributed by atoms with Crippen molar-refractivity contribution in [3.63, 3.8) is 0 Å². The molecular weight excluding hydrogens is 348 g/mol. The number of rotatable bonds is 6. The minimum atomic E-state index is 0.726. The van der Waals surface area contributed by atoms with Gasteiger partial charge in [0.15, 0.2) is 5.82 Å². The Balaban J connectivity index is 1.68. The maximum Gasteiger partial charge on any atom is 0.164 e. The van der Waals surface area contributed by atoms with E-state index in [1.165, 1.54) is 9.75 Å². The number of nitrogens with zero attached hydrogens (tertiary/aromatic N) is 3. The van der Waals surface area contributed by atoms with Crippen LogP contribution in [0, 0.1) is 0 Å². The van der Waals surface area contributed by atoms with Gasteiger partial charge in [0.2, 0.25) is 0 Å². The van der Waals surface area contributed by atoms with Gasteiger partial charge in [0.05, 0.1) is 5.39 Å². The van der Waals surface area contributed by atoms with Gasteiger partial charge in [-0.2, -0.15) is 0 Å². The Morgan fingerprint density at radius 1 is 1.12 bits per heavy atom. The molecule has 4 aromatic rings. The largest absolute Gasteiger partial charge is 0.369 e. The van der Waals surface area contributed by atoms with Crippen LogP contribution in [0.4, 0.5) is 5.82 Å². The van der Waals surface area contributed by atoms with Crippen molar-refractivity contribution in [1.82, 2.24) is 15.0 Å². The van der Waals surface area contributed by atoms with Crippen molar-refractivity contribution >= 4 is 38.7 Å². The van der Waals surface area contributed by atoms with E-state index in [9.17, 15) is 0 Å². The summed E-state index contributed by atoms with van der Waals surface area (Å²) >= 11 is 3.53. The van der Waals surface area contributed by atoms with Gasteiger partial charge in [-0.3, -0.25) is 4.98 Å². The molecule has 4 aromatic heterocycles. The summed E-state index contributed by atoms with van der Waals surface area (Å²) < 4.78 is 0. The molecule has 4 rings (SSSR count). The predicted octanol–water partition coefficient (Wildman–Crippen LogP) is 5.03. The molecule has 0 atom stereocenters. The van der Waals surface area contributed by atoms with Crippen molar-refractivity contribution in [1.29, 1.82) is 0 Å². The van der Waals surface area contributed by atoms with Crippen LogP contribution in [-0.4, -0.2) is 21.5 Å². The first-order valence-electron chi connectivity index (χ1n) is 8.30. The highest BCUT2D eigenvalue weighted by Gasteiger charge is 2.12. The van der Waals surface area contributed by atoms with E-state index < -0.39 is 0 Å². The Morgan fingerprint density at radius 2 is 2.08 bits per heavy atom. The molecule has 1 N–H and O–H groups in total. The lowest BCUT2D eigenvalue weighted by atomic mass is 10.2. The second kappa shape index (κ2) is 7.29. The molecule has 0 saturated carbocycles. The molecule has 4 nitrogen and oxygen atoms in total. The van der Waals surface area contributed by atoms with Crippen molar-refractivity contribution in [3.8, 4) is 11.4 Å². The normalized spacial score (nSPS) is 11.1. The van der Waals surface area contributed by atoms with E-state index in [-0.39, 0.29) is 0 Å². The molecule has 0 aliphatic carbocycles. The summed E-state index contributed by atoms with van der Waals surface area (Å²) in [6.07, 6.45) is 5.58. The molecule has 126 valence electrons. The standard InChI is InChI=1S/C19H18N4S2/c1-2-14-11-16-18(21-9-7-15-6-4-10-24-15)22-17(23-19(16)25-14)13-5-3-8-20-12-13/h3-6,8,10-12H,2,7,9H2,1H3,(H,21,22,23). The third-order valence-corrected chi connectivity index (χ3v) is 6.07. The highest BCUT2D eigenvalue weighted by Crippen LogP contribution is 2.31. The van der Waals surface area contributed by atoms with Crippen molar-refractivity contribution in [2.24, 2.45) is 0 Å². The monoisotopic (exact) mass is 366 g/mol. The Morgan fingerprint density at radius 3 is 2.84 bits per heavy atom. The molecule has 0 amide bonds. The van der Waals surface area contributed by atoms with Gasteiger partial charge in [-0.1, -0.05) is 13.0 Å². The first-order chi connectivity index (χ1) is 12.3. The quantitative estimate of drug-likeness (QED) is 0.520. The lowest BCUT2D eigenvalue weighted by molar-refractivity contribution is 1.03. The van der Waals surface area contributed by atoms with Crippen LogP contribution < -0.4 is 5.32 Å². The third kappa shape index (κ3) is 3.55. The zero-order valence-corrected chi connectivity index (χ0v) is 15.5. The number of fused-ring (bicyclic) bond motifs is 1. The zero-order valence-electron chi connectivity index (χ0n) is 13.9. The number of aryl methyl sites for hydroxylation is 1. The molecule has 0 saturated heterocycles. The minimum absolute atomic E-state index is 0.726. The molecule has 25 heavy (non-hydrogen) atoms. The topological polar surface area (TPSA) is 50.7 Å². The molecule has 0 bridgehead atoms. The van der Waals surface area contributed by atoms with E-state index in [2.05, 4.69) is 40.8 Å². The van der Waals surface area contributed by atoms with Crippen LogP contribution in [0.3, 0.4) is 0 Å². The number of anilines is 1. The SMILES string of the molecule is CCc1cc2c(NCCc3cccs3)nc(-c3cccnc3)nc2s1.